The zero-order valence-corrected chi connectivity index (χ0v) is 10.9. The Balaban J connectivity index is 2.37. The lowest BCUT2D eigenvalue weighted by Gasteiger charge is -2.11. The Morgan fingerprint density at radius 2 is 1.83 bits per heavy atom. The summed E-state index contributed by atoms with van der Waals surface area (Å²) < 4.78 is 24.9. The van der Waals surface area contributed by atoms with E-state index < -0.39 is 10.0 Å². The molecule has 2 rings (SSSR count). The maximum Gasteiger partial charge on any atom is 0.242 e. The molecule has 1 heterocycles. The first-order valence-corrected chi connectivity index (χ1v) is 6.69. The second-order valence-corrected chi connectivity index (χ2v) is 6.15. The third-order valence-corrected chi connectivity index (χ3v) is 4.37. The number of nitrogens with zero attached hydrogens (tertiary/aromatic N) is 2. The Morgan fingerprint density at radius 1 is 1.22 bits per heavy atom. The molecule has 1 aromatic carbocycles. The van der Waals surface area contributed by atoms with Gasteiger partial charge in [-0.2, -0.15) is 0 Å². The van der Waals surface area contributed by atoms with Gasteiger partial charge in [-0.15, -0.1) is 0 Å². The van der Waals surface area contributed by atoms with Gasteiger partial charge in [-0.25, -0.2) is 17.7 Å². The molecule has 7 heteroatoms. The van der Waals surface area contributed by atoms with Gasteiger partial charge in [0.25, 0.3) is 0 Å². The molecule has 0 radical (unpaired) electrons. The monoisotopic (exact) mass is 266 g/mol. The second-order valence-electron chi connectivity index (χ2n) is 3.99. The van der Waals surface area contributed by atoms with E-state index in [9.17, 15) is 8.42 Å². The Bertz CT molecular complexity index is 644. The summed E-state index contributed by atoms with van der Waals surface area (Å²) in [6.45, 7) is 0. The van der Waals surface area contributed by atoms with E-state index >= 15 is 0 Å². The molecule has 0 bridgehead atoms. The van der Waals surface area contributed by atoms with Crippen molar-refractivity contribution in [3.05, 3.63) is 30.5 Å². The van der Waals surface area contributed by atoms with Crippen LogP contribution < -0.4 is 5.73 Å². The van der Waals surface area contributed by atoms with Crippen molar-refractivity contribution in [3.8, 4) is 11.3 Å². The highest BCUT2D eigenvalue weighted by Crippen LogP contribution is 2.21. The first-order valence-electron chi connectivity index (χ1n) is 5.24. The summed E-state index contributed by atoms with van der Waals surface area (Å²) >= 11 is 0. The highest BCUT2D eigenvalue weighted by molar-refractivity contribution is 7.89. The van der Waals surface area contributed by atoms with Crippen molar-refractivity contribution >= 4 is 16.0 Å². The van der Waals surface area contributed by atoms with E-state index in [4.69, 9.17) is 5.73 Å². The average Bonchev–Trinajstić information content (AvgIpc) is 2.76. The summed E-state index contributed by atoms with van der Waals surface area (Å²) in [5, 5.41) is 0. The van der Waals surface area contributed by atoms with Crippen molar-refractivity contribution in [2.45, 2.75) is 4.90 Å². The normalized spacial score (nSPS) is 11.9. The molecule has 6 nitrogen and oxygen atoms in total. The molecule has 0 fully saturated rings. The minimum atomic E-state index is -3.39. The lowest BCUT2D eigenvalue weighted by molar-refractivity contribution is 0.521. The van der Waals surface area contributed by atoms with Crippen LogP contribution in [0.15, 0.2) is 35.4 Å². The van der Waals surface area contributed by atoms with Crippen LogP contribution in [0.3, 0.4) is 0 Å². The maximum absolute atomic E-state index is 11.9. The number of hydrogen-bond acceptors (Lipinski definition) is 4. The fourth-order valence-corrected chi connectivity index (χ4v) is 2.40. The van der Waals surface area contributed by atoms with Gasteiger partial charge >= 0.3 is 0 Å². The van der Waals surface area contributed by atoms with Crippen molar-refractivity contribution in [3.63, 3.8) is 0 Å². The number of sulfonamides is 1. The van der Waals surface area contributed by atoms with Gasteiger partial charge in [0.05, 0.1) is 16.8 Å². The molecule has 0 unspecified atom stereocenters. The van der Waals surface area contributed by atoms with Crippen LogP contribution in [-0.2, 0) is 10.0 Å². The van der Waals surface area contributed by atoms with Gasteiger partial charge in [0.1, 0.15) is 0 Å². The molecule has 96 valence electrons. The zero-order valence-electron chi connectivity index (χ0n) is 10.1. The number of H-pyrrole nitrogens is 1. The molecule has 0 atom stereocenters. The minimum absolute atomic E-state index is 0.253. The van der Waals surface area contributed by atoms with E-state index in [1.807, 2.05) is 0 Å². The number of nitrogens with one attached hydrogen (secondary N) is 1. The van der Waals surface area contributed by atoms with E-state index in [1.54, 1.807) is 30.5 Å². The van der Waals surface area contributed by atoms with Gasteiger partial charge in [0.15, 0.2) is 5.95 Å². The van der Waals surface area contributed by atoms with Gasteiger partial charge < -0.3 is 10.7 Å². The number of rotatable bonds is 3. The van der Waals surface area contributed by atoms with Crippen LogP contribution in [0.5, 0.6) is 0 Å². The molecule has 18 heavy (non-hydrogen) atoms. The van der Waals surface area contributed by atoms with Gasteiger partial charge in [0.2, 0.25) is 10.0 Å². The van der Waals surface area contributed by atoms with E-state index in [1.165, 1.54) is 18.4 Å². The molecular formula is C11H14N4O2S. The Morgan fingerprint density at radius 3 is 2.28 bits per heavy atom. The van der Waals surface area contributed by atoms with Crippen LogP contribution in [0.2, 0.25) is 0 Å². The van der Waals surface area contributed by atoms with Crippen molar-refractivity contribution in [2.75, 3.05) is 19.8 Å². The largest absolute Gasteiger partial charge is 0.369 e. The fraction of sp³-hybridized carbons (Fsp3) is 0.182. The number of aromatic amines is 1. The van der Waals surface area contributed by atoms with Crippen molar-refractivity contribution in [2.24, 2.45) is 0 Å². The van der Waals surface area contributed by atoms with Crippen molar-refractivity contribution in [1.29, 1.82) is 0 Å². The highest BCUT2D eigenvalue weighted by Gasteiger charge is 2.16. The zero-order chi connectivity index (χ0) is 13.3. The minimum Gasteiger partial charge on any atom is -0.369 e. The highest BCUT2D eigenvalue weighted by atomic mass is 32.2. The Kier molecular flexibility index (Phi) is 3.10. The Labute approximate surface area is 106 Å². The molecule has 1 aromatic heterocycles. The van der Waals surface area contributed by atoms with E-state index in [2.05, 4.69) is 9.97 Å². The number of imidazole rings is 1. The summed E-state index contributed by atoms with van der Waals surface area (Å²) in [4.78, 5) is 7.02. The van der Waals surface area contributed by atoms with E-state index in [0.717, 1.165) is 11.3 Å². The molecule has 3 N–H and O–H groups in total. The molecule has 2 aromatic rings. The molecule has 0 saturated heterocycles. The molecular weight excluding hydrogens is 252 g/mol. The van der Waals surface area contributed by atoms with E-state index in [0.29, 0.717) is 5.95 Å². The molecule has 0 aliphatic heterocycles. The summed E-state index contributed by atoms with van der Waals surface area (Å²) in [5.74, 6) is 0.329. The number of nitrogens with two attached hydrogens (primary N) is 1. The third kappa shape index (κ3) is 2.22. The molecule has 0 spiro atoms. The smallest absolute Gasteiger partial charge is 0.242 e. The maximum atomic E-state index is 11.9. The topological polar surface area (TPSA) is 92.1 Å². The number of aromatic nitrogens is 2. The van der Waals surface area contributed by atoms with E-state index in [-0.39, 0.29) is 4.90 Å². The van der Waals surface area contributed by atoms with Crippen LogP contribution in [0, 0.1) is 0 Å². The number of nitrogen functional groups attached to an aromatic ring is 1. The van der Waals surface area contributed by atoms with Gasteiger partial charge in [0, 0.05) is 14.1 Å². The van der Waals surface area contributed by atoms with Crippen molar-refractivity contribution < 1.29 is 8.42 Å². The predicted octanol–water partition coefficient (Wildman–Crippen LogP) is 0.909. The predicted molar refractivity (Wildman–Crippen MR) is 69.3 cm³/mol. The molecule has 0 aliphatic rings. The van der Waals surface area contributed by atoms with Gasteiger partial charge in [-0.1, -0.05) is 12.1 Å². The third-order valence-electron chi connectivity index (χ3n) is 2.54. The SMILES string of the molecule is CN(C)S(=O)(=O)c1ccc(-c2cnc(N)[nH]2)cc1. The number of anilines is 1. The van der Waals surface area contributed by atoms with Crippen LogP contribution >= 0.6 is 0 Å². The molecule has 0 amide bonds. The Hall–Kier alpha value is -1.86. The van der Waals surface area contributed by atoms with Crippen LogP contribution in [0.1, 0.15) is 0 Å². The first kappa shape index (κ1) is 12.6. The van der Waals surface area contributed by atoms with Crippen LogP contribution in [-0.4, -0.2) is 36.8 Å². The first-order chi connectivity index (χ1) is 8.41. The summed E-state index contributed by atoms with van der Waals surface area (Å²) in [6, 6.07) is 6.54. The number of benzene rings is 1. The van der Waals surface area contributed by atoms with Crippen LogP contribution in [0.4, 0.5) is 5.95 Å². The quantitative estimate of drug-likeness (QED) is 0.863. The lowest BCUT2D eigenvalue weighted by Crippen LogP contribution is -2.22. The van der Waals surface area contributed by atoms with Crippen LogP contribution in [0.25, 0.3) is 11.3 Å². The lowest BCUT2D eigenvalue weighted by atomic mass is 10.2. The fourth-order valence-electron chi connectivity index (χ4n) is 1.50. The number of hydrogen-bond donors (Lipinski definition) is 2. The second kappa shape index (κ2) is 4.43. The molecule has 0 saturated carbocycles. The standard InChI is InChI=1S/C11H14N4O2S/c1-15(2)18(16,17)9-5-3-8(4-6-9)10-7-13-11(12)14-10/h3-7H,1-2H3,(H3,12,13,14). The molecule has 0 aliphatic carbocycles. The van der Waals surface area contributed by atoms with Gasteiger partial charge in [-0.3, -0.25) is 0 Å². The van der Waals surface area contributed by atoms with Gasteiger partial charge in [-0.05, 0) is 17.7 Å². The van der Waals surface area contributed by atoms with Crippen molar-refractivity contribution in [1.82, 2.24) is 14.3 Å². The summed E-state index contributed by atoms with van der Waals surface area (Å²) in [6.07, 6.45) is 1.60. The summed E-state index contributed by atoms with van der Waals surface area (Å²) in [7, 11) is -0.390. The average molecular weight is 266 g/mol. The summed E-state index contributed by atoms with van der Waals surface area (Å²) in [5.41, 5.74) is 7.07.